The van der Waals surface area contributed by atoms with Gasteiger partial charge in [-0.1, -0.05) is 13.0 Å². The third-order valence-corrected chi connectivity index (χ3v) is 3.24. The zero-order chi connectivity index (χ0) is 11.5. The van der Waals surface area contributed by atoms with Gasteiger partial charge >= 0.3 is 5.97 Å². The van der Waals surface area contributed by atoms with Gasteiger partial charge in [0.05, 0.1) is 6.61 Å². The molecule has 0 heterocycles. The molecule has 0 saturated heterocycles. The van der Waals surface area contributed by atoms with E-state index in [4.69, 9.17) is 4.74 Å². The van der Waals surface area contributed by atoms with Crippen LogP contribution in [0.25, 0.3) is 0 Å². The van der Waals surface area contributed by atoms with Gasteiger partial charge in [0.2, 0.25) is 0 Å². The predicted molar refractivity (Wildman–Crippen MR) is 57.3 cm³/mol. The Morgan fingerprint density at radius 1 is 1.73 bits per heavy atom. The highest BCUT2D eigenvalue weighted by atomic mass is 16.5. The molecule has 1 aliphatic rings. The lowest BCUT2D eigenvalue weighted by Gasteiger charge is -2.29. The fourth-order valence-corrected chi connectivity index (χ4v) is 2.23. The third-order valence-electron chi connectivity index (χ3n) is 3.24. The van der Waals surface area contributed by atoms with Crippen LogP contribution in [0, 0.1) is 11.3 Å². The SMILES string of the molecule is C=CC(C)C1(C(=O)OCC)CCCC1=O. The summed E-state index contributed by atoms with van der Waals surface area (Å²) in [6, 6.07) is 0. The van der Waals surface area contributed by atoms with Crippen LogP contribution in [-0.2, 0) is 14.3 Å². The lowest BCUT2D eigenvalue weighted by Crippen LogP contribution is -2.41. The highest BCUT2D eigenvalue weighted by molar-refractivity contribution is 6.05. The lowest BCUT2D eigenvalue weighted by molar-refractivity contribution is -0.161. The van der Waals surface area contributed by atoms with Crippen LogP contribution in [0.2, 0.25) is 0 Å². The average Bonchev–Trinajstić information content (AvgIpc) is 2.60. The summed E-state index contributed by atoms with van der Waals surface area (Å²) in [5, 5.41) is 0. The topological polar surface area (TPSA) is 43.4 Å². The first-order valence-electron chi connectivity index (χ1n) is 5.42. The van der Waals surface area contributed by atoms with Crippen LogP contribution < -0.4 is 0 Å². The summed E-state index contributed by atoms with van der Waals surface area (Å²) < 4.78 is 5.02. The van der Waals surface area contributed by atoms with Gasteiger partial charge in [0.25, 0.3) is 0 Å². The molecular weight excluding hydrogens is 192 g/mol. The second kappa shape index (κ2) is 4.60. The van der Waals surface area contributed by atoms with Crippen molar-refractivity contribution in [2.75, 3.05) is 6.61 Å². The molecule has 1 saturated carbocycles. The van der Waals surface area contributed by atoms with Crippen molar-refractivity contribution >= 4 is 11.8 Å². The molecule has 1 aliphatic carbocycles. The number of hydrogen-bond acceptors (Lipinski definition) is 3. The number of rotatable bonds is 4. The molecule has 0 aliphatic heterocycles. The number of hydrogen-bond donors (Lipinski definition) is 0. The molecule has 1 rings (SSSR count). The molecule has 0 amide bonds. The van der Waals surface area contributed by atoms with E-state index < -0.39 is 5.41 Å². The Labute approximate surface area is 90.5 Å². The first-order valence-corrected chi connectivity index (χ1v) is 5.42. The third kappa shape index (κ3) is 1.83. The monoisotopic (exact) mass is 210 g/mol. The van der Waals surface area contributed by atoms with Gasteiger partial charge in [-0.2, -0.15) is 0 Å². The van der Waals surface area contributed by atoms with Crippen molar-refractivity contribution in [2.24, 2.45) is 11.3 Å². The second-order valence-corrected chi connectivity index (χ2v) is 3.99. The fourth-order valence-electron chi connectivity index (χ4n) is 2.23. The summed E-state index contributed by atoms with van der Waals surface area (Å²) in [4.78, 5) is 23.8. The summed E-state index contributed by atoms with van der Waals surface area (Å²) in [6.07, 6.45) is 3.52. The van der Waals surface area contributed by atoms with Gasteiger partial charge in [-0.05, 0) is 25.7 Å². The van der Waals surface area contributed by atoms with E-state index in [1.165, 1.54) is 0 Å². The number of ether oxygens (including phenoxy) is 1. The molecule has 15 heavy (non-hydrogen) atoms. The van der Waals surface area contributed by atoms with Crippen molar-refractivity contribution in [3.8, 4) is 0 Å². The zero-order valence-electron chi connectivity index (χ0n) is 9.41. The summed E-state index contributed by atoms with van der Waals surface area (Å²) in [6.45, 7) is 7.59. The van der Waals surface area contributed by atoms with Crippen molar-refractivity contribution in [3.63, 3.8) is 0 Å². The van der Waals surface area contributed by atoms with Gasteiger partial charge in [0.15, 0.2) is 5.78 Å². The van der Waals surface area contributed by atoms with Crippen molar-refractivity contribution in [1.82, 2.24) is 0 Å². The number of carbonyl (C=O) groups is 2. The molecule has 0 N–H and O–H groups in total. The summed E-state index contributed by atoms with van der Waals surface area (Å²) in [7, 11) is 0. The van der Waals surface area contributed by atoms with Crippen LogP contribution in [-0.4, -0.2) is 18.4 Å². The Bertz CT molecular complexity index is 283. The van der Waals surface area contributed by atoms with Crippen LogP contribution in [0.5, 0.6) is 0 Å². The van der Waals surface area contributed by atoms with Crippen LogP contribution in [0.15, 0.2) is 12.7 Å². The fraction of sp³-hybridized carbons (Fsp3) is 0.667. The molecular formula is C12H18O3. The Hall–Kier alpha value is -1.12. The largest absolute Gasteiger partial charge is 0.465 e. The smallest absolute Gasteiger partial charge is 0.320 e. The molecule has 0 aromatic rings. The van der Waals surface area contributed by atoms with Crippen LogP contribution in [0.4, 0.5) is 0 Å². The van der Waals surface area contributed by atoms with E-state index in [1.807, 2.05) is 6.92 Å². The van der Waals surface area contributed by atoms with Crippen molar-refractivity contribution in [2.45, 2.75) is 33.1 Å². The molecule has 2 atom stereocenters. The normalized spacial score (nSPS) is 27.5. The maximum Gasteiger partial charge on any atom is 0.320 e. The quantitative estimate of drug-likeness (QED) is 0.405. The minimum Gasteiger partial charge on any atom is -0.465 e. The van der Waals surface area contributed by atoms with Gasteiger partial charge in [0.1, 0.15) is 5.41 Å². The number of esters is 1. The summed E-state index contributed by atoms with van der Waals surface area (Å²) in [5.41, 5.74) is -0.947. The van der Waals surface area contributed by atoms with E-state index in [0.717, 1.165) is 6.42 Å². The number of ketones is 1. The highest BCUT2D eigenvalue weighted by Crippen LogP contribution is 2.43. The molecule has 0 spiro atoms. The van der Waals surface area contributed by atoms with E-state index in [9.17, 15) is 9.59 Å². The summed E-state index contributed by atoms with van der Waals surface area (Å²) >= 11 is 0. The number of allylic oxidation sites excluding steroid dienone is 1. The van der Waals surface area contributed by atoms with Crippen molar-refractivity contribution in [3.05, 3.63) is 12.7 Å². The van der Waals surface area contributed by atoms with Gasteiger partial charge in [0, 0.05) is 6.42 Å². The highest BCUT2D eigenvalue weighted by Gasteiger charge is 2.52. The van der Waals surface area contributed by atoms with Crippen LogP contribution in [0.1, 0.15) is 33.1 Å². The average molecular weight is 210 g/mol. The van der Waals surface area contributed by atoms with Crippen molar-refractivity contribution < 1.29 is 14.3 Å². The minimum absolute atomic E-state index is 0.00773. The van der Waals surface area contributed by atoms with E-state index in [2.05, 4.69) is 6.58 Å². The van der Waals surface area contributed by atoms with Gasteiger partial charge in [-0.25, -0.2) is 0 Å². The molecule has 0 aromatic carbocycles. The molecule has 1 fully saturated rings. The molecule has 2 unspecified atom stereocenters. The minimum atomic E-state index is -0.947. The van der Waals surface area contributed by atoms with Crippen LogP contribution >= 0.6 is 0 Å². The van der Waals surface area contributed by atoms with Crippen LogP contribution in [0.3, 0.4) is 0 Å². The van der Waals surface area contributed by atoms with Gasteiger partial charge in [-0.15, -0.1) is 6.58 Å². The van der Waals surface area contributed by atoms with Gasteiger partial charge < -0.3 is 4.74 Å². The molecule has 3 nitrogen and oxygen atoms in total. The Kier molecular flexibility index (Phi) is 3.66. The summed E-state index contributed by atoms with van der Waals surface area (Å²) in [5.74, 6) is -0.514. The van der Waals surface area contributed by atoms with E-state index in [1.54, 1.807) is 13.0 Å². The Morgan fingerprint density at radius 2 is 2.40 bits per heavy atom. The first-order chi connectivity index (χ1) is 7.09. The number of Topliss-reactive ketones (excluding diaryl/α,β-unsaturated/α-hetero) is 1. The molecule has 0 aromatic heterocycles. The molecule has 0 bridgehead atoms. The van der Waals surface area contributed by atoms with Gasteiger partial charge in [-0.3, -0.25) is 9.59 Å². The number of carbonyl (C=O) groups excluding carboxylic acids is 2. The standard InChI is InChI=1S/C12H18O3/c1-4-9(3)12(11(14)15-5-2)8-6-7-10(12)13/h4,9H,1,5-8H2,2-3H3. The predicted octanol–water partition coefficient (Wildman–Crippen LogP) is 2.11. The molecule has 3 heteroatoms. The van der Waals surface area contributed by atoms with E-state index in [0.29, 0.717) is 19.4 Å². The molecule has 0 radical (unpaired) electrons. The first kappa shape index (κ1) is 12.0. The second-order valence-electron chi connectivity index (χ2n) is 3.99. The molecule has 84 valence electrons. The Balaban J connectivity index is 3.00. The van der Waals surface area contributed by atoms with E-state index >= 15 is 0 Å². The maximum atomic E-state index is 11.9. The van der Waals surface area contributed by atoms with E-state index in [-0.39, 0.29) is 17.7 Å². The zero-order valence-corrected chi connectivity index (χ0v) is 9.41. The van der Waals surface area contributed by atoms with Crippen molar-refractivity contribution in [1.29, 1.82) is 0 Å². The maximum absolute atomic E-state index is 11.9. The lowest BCUT2D eigenvalue weighted by atomic mass is 9.74. The Morgan fingerprint density at radius 3 is 2.80 bits per heavy atom.